The maximum Gasteiger partial charge on any atom is 0.417 e. The normalized spacial score (nSPS) is 22.6. The van der Waals surface area contributed by atoms with Crippen molar-refractivity contribution >= 4 is 24.3 Å². The van der Waals surface area contributed by atoms with Crippen molar-refractivity contribution in [2.75, 3.05) is 13.1 Å². The summed E-state index contributed by atoms with van der Waals surface area (Å²) in [7, 11) is 0. The Hall–Kier alpha value is -4.89. The minimum absolute atomic E-state index is 0. The Labute approximate surface area is 377 Å². The van der Waals surface area contributed by atoms with E-state index in [4.69, 9.17) is 0 Å². The van der Waals surface area contributed by atoms with Crippen LogP contribution in [0.15, 0.2) is 73.1 Å². The predicted molar refractivity (Wildman–Crippen MR) is 236 cm³/mol. The first kappa shape index (κ1) is 50.1. The van der Waals surface area contributed by atoms with Crippen molar-refractivity contribution in [3.63, 3.8) is 0 Å². The van der Waals surface area contributed by atoms with E-state index in [-0.39, 0.29) is 48.8 Å². The number of hydrogen-bond donors (Lipinski definition) is 2. The third kappa shape index (κ3) is 10.1. The Kier molecular flexibility index (Phi) is 15.1. The van der Waals surface area contributed by atoms with Gasteiger partial charge in [-0.1, -0.05) is 52.0 Å². The highest BCUT2D eigenvalue weighted by Crippen LogP contribution is 2.47. The zero-order valence-electron chi connectivity index (χ0n) is 37.6. The van der Waals surface area contributed by atoms with Gasteiger partial charge in [-0.15, -0.1) is 12.4 Å². The number of carboxylic acid groups (broad SMARTS) is 1. The van der Waals surface area contributed by atoms with Gasteiger partial charge in [0.15, 0.2) is 0 Å². The number of fused-ring (bicyclic) bond motifs is 2. The van der Waals surface area contributed by atoms with E-state index in [1.165, 1.54) is 17.5 Å². The quantitative estimate of drug-likeness (QED) is 0.147. The molecule has 16 heteroatoms. The van der Waals surface area contributed by atoms with Gasteiger partial charge in [-0.05, 0) is 99.9 Å². The standard InChI is InChI=1S/C24H28F3N3O.C15H21NO2.C9H9F3N2.ClH/c1-15(2)23(9-7-20(12-23)30-16(3)5-6-17(30)4)22(31)29-10-8-21-18(14-29)11-19(13-28-21)24(25,26)27;1-10(2)15(14(17)18)8-7-13(9-15)16-11(3)5-6-12(16)4;10-9(11,12)7-3-6-4-13-2-1-8(6)14-5-7;/h5-7,9,11,13,15,20H,8,10,12,14H2,1-4H3;5-8,10,13H,9H2,1-4H3,(H,17,18);3,5,13H,1-2,4H2;1H/t20-,23+;13-,15+;;/m11../s1. The van der Waals surface area contributed by atoms with Gasteiger partial charge in [0.2, 0.25) is 5.91 Å². The molecule has 0 aromatic carbocycles. The summed E-state index contributed by atoms with van der Waals surface area (Å²) in [5.41, 5.74) is 4.43. The maximum atomic E-state index is 13.8. The molecule has 9 nitrogen and oxygen atoms in total. The molecular formula is C48H59ClF6N6O3. The van der Waals surface area contributed by atoms with Gasteiger partial charge in [0.05, 0.1) is 34.0 Å². The SMILES string of the molecule is Cc1ccc(C)n1[C@@H]1C=C[C@@](C(=O)N2CCc3ncc(C(F)(F)F)cc3C2)(C(C)C)C1.Cc1ccc(C)n1[C@@H]1C=C[C@@](C(=O)O)(C(C)C)C1.Cl.FC(F)(F)c1cnc2c(c1)CNCC2. The number of alkyl halides is 6. The molecule has 4 aliphatic rings. The molecule has 4 aromatic heterocycles. The van der Waals surface area contributed by atoms with Gasteiger partial charge in [0.25, 0.3) is 0 Å². The Bertz CT molecular complexity index is 2340. The summed E-state index contributed by atoms with van der Waals surface area (Å²) in [6.45, 7) is 18.2. The average Bonchev–Trinajstić information content (AvgIpc) is 4.03. The van der Waals surface area contributed by atoms with Gasteiger partial charge in [0.1, 0.15) is 0 Å². The van der Waals surface area contributed by atoms with Crippen LogP contribution in [0.1, 0.15) is 109 Å². The molecule has 8 rings (SSSR count). The largest absolute Gasteiger partial charge is 0.481 e. The van der Waals surface area contributed by atoms with E-state index in [1.54, 1.807) is 4.90 Å². The second kappa shape index (κ2) is 19.3. The monoisotopic (exact) mass is 916 g/mol. The van der Waals surface area contributed by atoms with Crippen LogP contribution < -0.4 is 5.32 Å². The van der Waals surface area contributed by atoms with Crippen LogP contribution >= 0.6 is 12.4 Å². The molecule has 2 aliphatic carbocycles. The molecule has 0 fully saturated rings. The summed E-state index contributed by atoms with van der Waals surface area (Å²) in [4.78, 5) is 34.9. The summed E-state index contributed by atoms with van der Waals surface area (Å²) in [6, 6.07) is 10.9. The van der Waals surface area contributed by atoms with E-state index in [0.717, 1.165) is 42.1 Å². The Morgan fingerprint density at radius 2 is 1.16 bits per heavy atom. The van der Waals surface area contributed by atoms with E-state index in [2.05, 4.69) is 82.5 Å². The zero-order chi connectivity index (χ0) is 46.2. The number of nitrogens with one attached hydrogen (secondary N) is 1. The second-order valence-corrected chi connectivity index (χ2v) is 18.0. The molecule has 1 amide bonds. The van der Waals surface area contributed by atoms with Crippen LogP contribution in [0.2, 0.25) is 0 Å². The molecule has 6 heterocycles. The molecule has 64 heavy (non-hydrogen) atoms. The lowest BCUT2D eigenvalue weighted by molar-refractivity contribution is -0.148. The molecule has 0 saturated carbocycles. The molecule has 0 saturated heterocycles. The van der Waals surface area contributed by atoms with E-state index < -0.39 is 40.3 Å². The van der Waals surface area contributed by atoms with Gasteiger partial charge in [-0.25, -0.2) is 0 Å². The van der Waals surface area contributed by atoms with E-state index in [0.29, 0.717) is 55.6 Å². The van der Waals surface area contributed by atoms with Crippen molar-refractivity contribution < 1.29 is 41.0 Å². The smallest absolute Gasteiger partial charge is 0.417 e. The summed E-state index contributed by atoms with van der Waals surface area (Å²) >= 11 is 0. The van der Waals surface area contributed by atoms with Crippen molar-refractivity contribution in [3.05, 3.63) is 130 Å². The molecule has 0 unspecified atom stereocenters. The number of allylic oxidation sites excluding steroid dienone is 2. The van der Waals surface area contributed by atoms with Crippen molar-refractivity contribution in [2.24, 2.45) is 22.7 Å². The fraction of sp³-hybridized carbons (Fsp3) is 0.500. The lowest BCUT2D eigenvalue weighted by atomic mass is 9.74. The van der Waals surface area contributed by atoms with E-state index >= 15 is 0 Å². The summed E-state index contributed by atoms with van der Waals surface area (Å²) in [5, 5.41) is 12.5. The molecule has 0 radical (unpaired) electrons. The molecule has 4 aromatic rings. The van der Waals surface area contributed by atoms with Crippen LogP contribution in [0, 0.1) is 50.4 Å². The van der Waals surface area contributed by atoms with Crippen molar-refractivity contribution in [1.82, 2.24) is 29.3 Å². The second-order valence-electron chi connectivity index (χ2n) is 18.0. The minimum Gasteiger partial charge on any atom is -0.481 e. The van der Waals surface area contributed by atoms with Crippen LogP contribution in [-0.4, -0.2) is 54.1 Å². The van der Waals surface area contributed by atoms with Gasteiger partial charge in [-0.3, -0.25) is 19.6 Å². The summed E-state index contributed by atoms with van der Waals surface area (Å²) in [5.74, 6) is -0.545. The predicted octanol–water partition coefficient (Wildman–Crippen LogP) is 10.7. The van der Waals surface area contributed by atoms with Crippen LogP contribution in [-0.2, 0) is 47.9 Å². The number of carbonyl (C=O) groups excluding carboxylic acids is 1. The number of aliphatic carboxylic acids is 1. The number of rotatable bonds is 6. The van der Waals surface area contributed by atoms with E-state index in [1.807, 2.05) is 45.9 Å². The van der Waals surface area contributed by atoms with Gasteiger partial charge < -0.3 is 24.5 Å². The summed E-state index contributed by atoms with van der Waals surface area (Å²) < 4.78 is 80.8. The molecule has 348 valence electrons. The van der Waals surface area contributed by atoms with Crippen molar-refractivity contribution in [1.29, 1.82) is 0 Å². The fourth-order valence-electron chi connectivity index (χ4n) is 9.51. The highest BCUT2D eigenvalue weighted by atomic mass is 35.5. The van der Waals surface area contributed by atoms with Crippen molar-refractivity contribution in [3.8, 4) is 0 Å². The lowest BCUT2D eigenvalue weighted by Crippen LogP contribution is -2.47. The first-order valence-electron chi connectivity index (χ1n) is 21.5. The fourth-order valence-corrected chi connectivity index (χ4v) is 9.51. The lowest BCUT2D eigenvalue weighted by Gasteiger charge is -2.39. The number of aryl methyl sites for hydroxylation is 4. The van der Waals surface area contributed by atoms with Crippen LogP contribution in [0.3, 0.4) is 0 Å². The number of aromatic nitrogens is 4. The van der Waals surface area contributed by atoms with Gasteiger partial charge in [-0.2, -0.15) is 26.3 Å². The third-order valence-corrected chi connectivity index (χ3v) is 13.4. The highest BCUT2D eigenvalue weighted by molar-refractivity contribution is 5.86. The zero-order valence-corrected chi connectivity index (χ0v) is 38.4. The average molecular weight is 917 g/mol. The first-order valence-corrected chi connectivity index (χ1v) is 21.5. The van der Waals surface area contributed by atoms with Crippen LogP contribution in [0.25, 0.3) is 0 Å². The number of nitrogens with zero attached hydrogens (tertiary/aromatic N) is 5. The van der Waals surface area contributed by atoms with Crippen LogP contribution in [0.5, 0.6) is 0 Å². The topological polar surface area (TPSA) is 105 Å². The Morgan fingerprint density at radius 1 is 0.719 bits per heavy atom. The third-order valence-electron chi connectivity index (χ3n) is 13.4. The number of carbonyl (C=O) groups is 2. The Morgan fingerprint density at radius 3 is 1.59 bits per heavy atom. The number of carboxylic acids is 1. The number of halogens is 7. The molecular weight excluding hydrogens is 858 g/mol. The Balaban J connectivity index is 0.000000198. The summed E-state index contributed by atoms with van der Waals surface area (Å²) in [6.07, 6.45) is 3.62. The molecule has 0 spiro atoms. The molecule has 2 aliphatic heterocycles. The van der Waals surface area contributed by atoms with Crippen LogP contribution in [0.4, 0.5) is 26.3 Å². The van der Waals surface area contributed by atoms with Gasteiger partial charge in [0, 0.05) is 85.6 Å². The molecule has 0 bridgehead atoms. The van der Waals surface area contributed by atoms with Crippen molar-refractivity contribution in [2.45, 2.75) is 119 Å². The van der Waals surface area contributed by atoms with E-state index in [9.17, 15) is 41.0 Å². The minimum atomic E-state index is -4.44. The highest BCUT2D eigenvalue weighted by Gasteiger charge is 2.48. The number of amides is 1. The first-order chi connectivity index (χ1) is 29.5. The number of hydrogen-bond acceptors (Lipinski definition) is 5. The molecule has 4 atom stereocenters. The number of pyridine rings is 2. The maximum absolute atomic E-state index is 13.8. The molecule has 2 N–H and O–H groups in total. The van der Waals surface area contributed by atoms with Gasteiger partial charge >= 0.3 is 18.3 Å².